The van der Waals surface area contributed by atoms with Crippen LogP contribution in [0.25, 0.3) is 33.4 Å². The summed E-state index contributed by atoms with van der Waals surface area (Å²) < 4.78 is 54.3. The molecule has 0 atom stereocenters. The van der Waals surface area contributed by atoms with Crippen LogP contribution in [0.3, 0.4) is 0 Å². The van der Waals surface area contributed by atoms with E-state index in [-0.39, 0.29) is 23.4 Å². The molecule has 0 aliphatic heterocycles. The molecule has 2 aromatic heterocycles. The van der Waals surface area contributed by atoms with Crippen LogP contribution in [-0.4, -0.2) is 35.6 Å². The van der Waals surface area contributed by atoms with Crippen LogP contribution in [0.15, 0.2) is 59.9 Å². The van der Waals surface area contributed by atoms with Crippen molar-refractivity contribution in [2.24, 2.45) is 0 Å². The van der Waals surface area contributed by atoms with E-state index in [1.165, 1.54) is 25.4 Å². The summed E-state index contributed by atoms with van der Waals surface area (Å²) in [6, 6.07) is 10.1. The van der Waals surface area contributed by atoms with E-state index in [9.17, 15) is 17.2 Å². The van der Waals surface area contributed by atoms with Crippen molar-refractivity contribution >= 4 is 20.9 Å². The second-order valence-corrected chi connectivity index (χ2v) is 7.85. The molecular formula is C21H21F2N5O2S. The van der Waals surface area contributed by atoms with Gasteiger partial charge in [-0.3, -0.25) is 4.98 Å². The van der Waals surface area contributed by atoms with Crippen molar-refractivity contribution in [1.82, 2.24) is 24.9 Å². The summed E-state index contributed by atoms with van der Waals surface area (Å²) in [5.74, 6) is -1.49. The molecule has 2 heterocycles. The molecule has 0 radical (unpaired) electrons. The summed E-state index contributed by atoms with van der Waals surface area (Å²) in [6.07, 6.45) is 2.53. The van der Waals surface area contributed by atoms with E-state index < -0.39 is 21.7 Å². The molecule has 7 nitrogen and oxygen atoms in total. The average Bonchev–Trinajstić information content (AvgIpc) is 2.80. The highest BCUT2D eigenvalue weighted by atomic mass is 32.2. The second kappa shape index (κ2) is 9.19. The molecule has 0 aliphatic carbocycles. The molecular weight excluding hydrogens is 424 g/mol. The average molecular weight is 445 g/mol. The van der Waals surface area contributed by atoms with Crippen molar-refractivity contribution in [3.8, 4) is 22.5 Å². The monoisotopic (exact) mass is 445 g/mol. The quantitative estimate of drug-likeness (QED) is 0.505. The Morgan fingerprint density at radius 2 is 1.61 bits per heavy atom. The van der Waals surface area contributed by atoms with Gasteiger partial charge in [-0.15, -0.1) is 10.2 Å². The molecule has 0 saturated heterocycles. The van der Waals surface area contributed by atoms with Crippen LogP contribution in [0.1, 0.15) is 15.3 Å². The van der Waals surface area contributed by atoms with Crippen LogP contribution in [0.4, 0.5) is 8.78 Å². The predicted octanol–water partition coefficient (Wildman–Crippen LogP) is 4.21. The molecule has 0 saturated carbocycles. The molecule has 0 aliphatic rings. The summed E-state index contributed by atoms with van der Waals surface area (Å²) in [4.78, 5) is 8.09. The van der Waals surface area contributed by atoms with Crippen LogP contribution < -0.4 is 4.72 Å². The van der Waals surface area contributed by atoms with E-state index in [1.54, 1.807) is 18.2 Å². The fourth-order valence-electron chi connectivity index (χ4n) is 2.85. The number of rotatable bonds is 4. The van der Waals surface area contributed by atoms with Gasteiger partial charge in [0.25, 0.3) is 10.0 Å². The Kier molecular flexibility index (Phi) is 6.62. The number of nitrogens with one attached hydrogen (secondary N) is 1. The third-order valence-electron chi connectivity index (χ3n) is 4.27. The van der Waals surface area contributed by atoms with Crippen LogP contribution in [0.2, 0.25) is 0 Å². The molecule has 0 amide bonds. The SMILES string of the molecule is CC.CNS(=O)(=O)c1cncc(-c2cccc3cc(-c4c(F)cccc4F)nnc23)n1.[HH]. The first-order chi connectivity index (χ1) is 14.9. The number of hydrogen-bond donors (Lipinski definition) is 1. The maximum Gasteiger partial charge on any atom is 0.259 e. The molecule has 2 aromatic carbocycles. The Hall–Kier alpha value is -3.37. The summed E-state index contributed by atoms with van der Waals surface area (Å²) in [7, 11) is -2.50. The number of sulfonamides is 1. The van der Waals surface area contributed by atoms with Gasteiger partial charge in [0.1, 0.15) is 17.2 Å². The lowest BCUT2D eigenvalue weighted by Crippen LogP contribution is -2.20. The summed E-state index contributed by atoms with van der Waals surface area (Å²) in [5.41, 5.74) is 0.917. The van der Waals surface area contributed by atoms with Gasteiger partial charge in [0.05, 0.1) is 29.3 Å². The van der Waals surface area contributed by atoms with E-state index in [4.69, 9.17) is 0 Å². The van der Waals surface area contributed by atoms with Gasteiger partial charge in [-0.1, -0.05) is 38.1 Å². The maximum atomic E-state index is 14.1. The molecule has 0 spiro atoms. The molecule has 0 bridgehead atoms. The van der Waals surface area contributed by atoms with Gasteiger partial charge in [0.2, 0.25) is 0 Å². The fourth-order valence-corrected chi connectivity index (χ4v) is 3.48. The largest absolute Gasteiger partial charge is 0.259 e. The summed E-state index contributed by atoms with van der Waals surface area (Å²) in [6.45, 7) is 4.00. The number of benzene rings is 2. The highest BCUT2D eigenvalue weighted by Gasteiger charge is 2.18. The Morgan fingerprint density at radius 3 is 2.29 bits per heavy atom. The highest BCUT2D eigenvalue weighted by Crippen LogP contribution is 2.30. The number of aromatic nitrogens is 4. The maximum absolute atomic E-state index is 14.1. The van der Waals surface area contributed by atoms with Crippen molar-refractivity contribution in [2.45, 2.75) is 18.9 Å². The normalized spacial score (nSPS) is 11.1. The molecule has 0 unspecified atom stereocenters. The zero-order valence-electron chi connectivity index (χ0n) is 17.0. The topological polar surface area (TPSA) is 97.7 Å². The van der Waals surface area contributed by atoms with E-state index in [0.717, 1.165) is 18.3 Å². The minimum atomic E-state index is -3.78. The zero-order chi connectivity index (χ0) is 22.6. The van der Waals surface area contributed by atoms with Crippen molar-refractivity contribution in [3.63, 3.8) is 0 Å². The smallest absolute Gasteiger partial charge is 0.259 e. The van der Waals surface area contributed by atoms with Crippen LogP contribution in [0, 0.1) is 11.6 Å². The van der Waals surface area contributed by atoms with Crippen molar-refractivity contribution in [3.05, 3.63) is 66.5 Å². The van der Waals surface area contributed by atoms with Gasteiger partial charge in [-0.2, -0.15) is 0 Å². The first kappa shape index (κ1) is 22.3. The predicted molar refractivity (Wildman–Crippen MR) is 116 cm³/mol. The Balaban J connectivity index is 0.00000118. The standard InChI is InChI=1S/C19H13F2N5O2S.C2H6.H2/c1-22-29(27,28)17-10-23-9-16(24-17)12-5-2-4-11-8-15(25-26-19(11)12)18-13(20)6-3-7-14(18)21;1-2;/h2-10,22H,1H3;1-2H3;1H. The van der Waals surface area contributed by atoms with E-state index in [1.807, 2.05) is 13.8 Å². The first-order valence-electron chi connectivity index (χ1n) is 9.37. The first-order valence-corrected chi connectivity index (χ1v) is 10.9. The number of nitrogens with zero attached hydrogens (tertiary/aromatic N) is 4. The van der Waals surface area contributed by atoms with E-state index >= 15 is 0 Å². The van der Waals surface area contributed by atoms with Gasteiger partial charge in [0, 0.05) is 12.4 Å². The number of halogens is 2. The minimum Gasteiger partial charge on any atom is -0.259 e. The molecule has 1 N–H and O–H groups in total. The zero-order valence-corrected chi connectivity index (χ0v) is 17.8. The van der Waals surface area contributed by atoms with Crippen LogP contribution in [0.5, 0.6) is 0 Å². The van der Waals surface area contributed by atoms with Gasteiger partial charge >= 0.3 is 0 Å². The third-order valence-corrected chi connectivity index (χ3v) is 5.55. The lowest BCUT2D eigenvalue weighted by molar-refractivity contribution is 0.583. The van der Waals surface area contributed by atoms with Gasteiger partial charge in [-0.25, -0.2) is 26.9 Å². The summed E-state index contributed by atoms with van der Waals surface area (Å²) >= 11 is 0. The molecule has 0 fully saturated rings. The van der Waals surface area contributed by atoms with Gasteiger partial charge in [-0.05, 0) is 25.2 Å². The Bertz CT molecular complexity index is 1330. The molecule has 4 aromatic rings. The third kappa shape index (κ3) is 4.39. The van der Waals surface area contributed by atoms with E-state index in [2.05, 4.69) is 24.9 Å². The summed E-state index contributed by atoms with van der Waals surface area (Å²) in [5, 5.41) is 8.39. The van der Waals surface area contributed by atoms with Crippen LogP contribution in [-0.2, 0) is 10.0 Å². The Morgan fingerprint density at radius 1 is 0.935 bits per heavy atom. The molecule has 4 rings (SSSR count). The van der Waals surface area contributed by atoms with E-state index in [0.29, 0.717) is 16.5 Å². The van der Waals surface area contributed by atoms with Crippen LogP contribution >= 0.6 is 0 Å². The molecule has 31 heavy (non-hydrogen) atoms. The highest BCUT2D eigenvalue weighted by molar-refractivity contribution is 7.89. The number of hydrogen-bond acceptors (Lipinski definition) is 6. The number of fused-ring (bicyclic) bond motifs is 1. The fraction of sp³-hybridized carbons (Fsp3) is 0.143. The van der Waals surface area contributed by atoms with Crippen molar-refractivity contribution in [2.75, 3.05) is 7.05 Å². The lowest BCUT2D eigenvalue weighted by atomic mass is 10.0. The molecule has 10 heteroatoms. The lowest BCUT2D eigenvalue weighted by Gasteiger charge is -2.08. The molecule has 162 valence electrons. The van der Waals surface area contributed by atoms with Gasteiger partial charge < -0.3 is 0 Å². The van der Waals surface area contributed by atoms with Crippen molar-refractivity contribution < 1.29 is 18.6 Å². The Labute approximate surface area is 179 Å². The minimum absolute atomic E-state index is 0. The van der Waals surface area contributed by atoms with Gasteiger partial charge in [0.15, 0.2) is 5.03 Å². The van der Waals surface area contributed by atoms with Crippen molar-refractivity contribution in [1.29, 1.82) is 0 Å². The second-order valence-electron chi connectivity index (χ2n) is 6.02.